The van der Waals surface area contributed by atoms with Crippen LogP contribution in [0.2, 0.25) is 0 Å². The molecule has 1 atom stereocenters. The van der Waals surface area contributed by atoms with Crippen LogP contribution in [0.3, 0.4) is 0 Å². The number of halogens is 1. The van der Waals surface area contributed by atoms with Gasteiger partial charge in [0.25, 0.3) is 0 Å². The lowest BCUT2D eigenvalue weighted by Gasteiger charge is -2.25. The highest BCUT2D eigenvalue weighted by Crippen LogP contribution is 2.29. The van der Waals surface area contributed by atoms with Gasteiger partial charge in [0.15, 0.2) is 0 Å². The van der Waals surface area contributed by atoms with Crippen LogP contribution in [-0.2, 0) is 13.8 Å². The maximum absolute atomic E-state index is 11.3. The summed E-state index contributed by atoms with van der Waals surface area (Å²) in [4.78, 5) is 0. The van der Waals surface area contributed by atoms with Gasteiger partial charge in [0, 0.05) is 23.2 Å². The maximum atomic E-state index is 11.3. The van der Waals surface area contributed by atoms with Crippen molar-refractivity contribution in [3.63, 3.8) is 0 Å². The maximum Gasteiger partial charge on any atom is 0.233 e. The van der Waals surface area contributed by atoms with E-state index in [0.717, 1.165) is 17.9 Å². The fraction of sp³-hybridized carbons (Fsp3) is 0.600. The summed E-state index contributed by atoms with van der Waals surface area (Å²) in [6.45, 7) is 1.11. The number of hydrogen-bond acceptors (Lipinski definition) is 3. The molecule has 0 spiro atoms. The summed E-state index contributed by atoms with van der Waals surface area (Å²) in [5.41, 5.74) is 0.959. The molecule has 20 heavy (non-hydrogen) atoms. The van der Waals surface area contributed by atoms with Gasteiger partial charge in [0.05, 0.1) is 12.4 Å². The summed E-state index contributed by atoms with van der Waals surface area (Å²) < 4.78 is 28.3. The number of rotatable bonds is 8. The zero-order chi connectivity index (χ0) is 14.4. The third-order valence-corrected chi connectivity index (χ3v) is 5.06. The molecule has 0 saturated heterocycles. The lowest BCUT2D eigenvalue weighted by Crippen LogP contribution is -2.18. The Morgan fingerprint density at radius 3 is 2.50 bits per heavy atom. The second kappa shape index (κ2) is 7.43. The zero-order valence-electron chi connectivity index (χ0n) is 11.5. The van der Waals surface area contributed by atoms with Gasteiger partial charge in [-0.1, -0.05) is 49.6 Å². The number of benzene rings is 1. The van der Waals surface area contributed by atoms with Gasteiger partial charge in [-0.05, 0) is 17.9 Å². The van der Waals surface area contributed by atoms with Gasteiger partial charge in [-0.25, -0.2) is 8.42 Å². The molecule has 0 aromatic heterocycles. The Kier molecular flexibility index (Phi) is 5.87. The predicted molar refractivity (Wildman–Crippen MR) is 81.6 cm³/mol. The molecule has 3 nitrogen and oxygen atoms in total. The summed E-state index contributed by atoms with van der Waals surface area (Å²) >= 11 is 0. The van der Waals surface area contributed by atoms with Crippen molar-refractivity contribution in [3.8, 4) is 0 Å². The van der Waals surface area contributed by atoms with Gasteiger partial charge in [-0.3, -0.25) is 0 Å². The van der Waals surface area contributed by atoms with Crippen LogP contribution in [0, 0.1) is 5.92 Å². The molecular weight excluding hydrogens is 296 g/mol. The lowest BCUT2D eigenvalue weighted by atomic mass is 9.83. The fourth-order valence-electron chi connectivity index (χ4n) is 2.46. The molecule has 1 fully saturated rings. The van der Waals surface area contributed by atoms with E-state index in [9.17, 15) is 8.42 Å². The van der Waals surface area contributed by atoms with Crippen LogP contribution in [0.1, 0.15) is 37.2 Å². The second-order valence-corrected chi connectivity index (χ2v) is 8.30. The molecule has 0 N–H and O–H groups in total. The first-order valence-corrected chi connectivity index (χ1v) is 9.57. The summed E-state index contributed by atoms with van der Waals surface area (Å²) in [5.74, 6) is 0.532. The molecule has 1 aliphatic carbocycles. The third-order valence-electron chi connectivity index (χ3n) is 3.89. The molecule has 0 amide bonds. The molecule has 2 rings (SSSR count). The monoisotopic (exact) mass is 316 g/mol. The molecular formula is C15H21ClO3S. The standard InChI is InChI=1S/C15H21ClO3S/c16-20(17,18)12-15(14-7-2-1-3-8-14)11-19-10-9-13-5-4-6-13/h1-3,7-8,13,15H,4-6,9-12H2. The largest absolute Gasteiger partial charge is 0.381 e. The first-order valence-electron chi connectivity index (χ1n) is 7.09. The van der Waals surface area contributed by atoms with Crippen LogP contribution in [0.25, 0.3) is 0 Å². The first-order chi connectivity index (χ1) is 9.54. The van der Waals surface area contributed by atoms with Crippen molar-refractivity contribution in [3.05, 3.63) is 35.9 Å². The lowest BCUT2D eigenvalue weighted by molar-refractivity contribution is 0.0986. The predicted octanol–water partition coefficient (Wildman–Crippen LogP) is 3.55. The molecule has 1 aromatic carbocycles. The molecule has 1 saturated carbocycles. The van der Waals surface area contributed by atoms with Crippen molar-refractivity contribution in [2.75, 3.05) is 19.0 Å². The molecule has 1 aliphatic rings. The van der Waals surface area contributed by atoms with E-state index in [1.165, 1.54) is 19.3 Å². The van der Waals surface area contributed by atoms with Crippen molar-refractivity contribution in [1.82, 2.24) is 0 Å². The Hall–Kier alpha value is -0.580. The summed E-state index contributed by atoms with van der Waals surface area (Å²) in [7, 11) is 1.86. The molecule has 1 aromatic rings. The van der Waals surface area contributed by atoms with E-state index in [1.54, 1.807) is 0 Å². The van der Waals surface area contributed by atoms with Crippen LogP contribution < -0.4 is 0 Å². The first kappa shape index (κ1) is 15.8. The average Bonchev–Trinajstić information content (AvgIpc) is 2.34. The van der Waals surface area contributed by atoms with Gasteiger partial charge < -0.3 is 4.74 Å². The van der Waals surface area contributed by atoms with E-state index in [-0.39, 0.29) is 11.7 Å². The Morgan fingerprint density at radius 2 is 1.95 bits per heavy atom. The highest BCUT2D eigenvalue weighted by molar-refractivity contribution is 8.13. The van der Waals surface area contributed by atoms with Crippen LogP contribution in [0.15, 0.2) is 30.3 Å². The quantitative estimate of drug-likeness (QED) is 0.544. The minimum Gasteiger partial charge on any atom is -0.381 e. The SMILES string of the molecule is O=S(=O)(Cl)CC(COCCC1CCC1)c1ccccc1. The molecule has 0 aliphatic heterocycles. The van der Waals surface area contributed by atoms with Crippen molar-refractivity contribution >= 4 is 19.7 Å². The molecule has 0 radical (unpaired) electrons. The molecule has 1 unspecified atom stereocenters. The van der Waals surface area contributed by atoms with E-state index in [2.05, 4.69) is 0 Å². The van der Waals surface area contributed by atoms with Gasteiger partial charge in [-0.15, -0.1) is 0 Å². The Morgan fingerprint density at radius 1 is 1.25 bits per heavy atom. The molecule has 0 bridgehead atoms. The molecule has 112 valence electrons. The second-order valence-electron chi connectivity index (χ2n) is 5.47. The van der Waals surface area contributed by atoms with Crippen LogP contribution in [-0.4, -0.2) is 27.4 Å². The minimum atomic E-state index is -3.53. The summed E-state index contributed by atoms with van der Waals surface area (Å²) in [5, 5.41) is 0. The van der Waals surface area contributed by atoms with E-state index in [1.807, 2.05) is 30.3 Å². The number of hydrogen-bond donors (Lipinski definition) is 0. The smallest absolute Gasteiger partial charge is 0.233 e. The minimum absolute atomic E-state index is 0.0814. The van der Waals surface area contributed by atoms with Crippen molar-refractivity contribution < 1.29 is 13.2 Å². The van der Waals surface area contributed by atoms with Crippen molar-refractivity contribution in [2.45, 2.75) is 31.6 Å². The van der Waals surface area contributed by atoms with E-state index in [4.69, 9.17) is 15.4 Å². The average molecular weight is 317 g/mol. The Bertz CT molecular complexity index is 497. The number of ether oxygens (including phenoxy) is 1. The molecule has 0 heterocycles. The van der Waals surface area contributed by atoms with Gasteiger partial charge in [0.1, 0.15) is 0 Å². The molecule has 5 heteroatoms. The highest BCUT2D eigenvalue weighted by atomic mass is 35.7. The summed E-state index contributed by atoms with van der Waals surface area (Å²) in [6, 6.07) is 9.55. The van der Waals surface area contributed by atoms with E-state index in [0.29, 0.717) is 13.2 Å². The van der Waals surface area contributed by atoms with Gasteiger partial charge >= 0.3 is 0 Å². The Labute approximate surface area is 125 Å². The van der Waals surface area contributed by atoms with Gasteiger partial charge in [0.2, 0.25) is 9.05 Å². The Balaban J connectivity index is 1.85. The fourth-order valence-corrected chi connectivity index (χ4v) is 3.69. The van der Waals surface area contributed by atoms with E-state index < -0.39 is 9.05 Å². The van der Waals surface area contributed by atoms with Crippen LogP contribution in [0.5, 0.6) is 0 Å². The van der Waals surface area contributed by atoms with Crippen molar-refractivity contribution in [2.24, 2.45) is 5.92 Å². The third kappa shape index (κ3) is 5.43. The van der Waals surface area contributed by atoms with Gasteiger partial charge in [-0.2, -0.15) is 0 Å². The normalized spacial score (nSPS) is 17.6. The van der Waals surface area contributed by atoms with Crippen molar-refractivity contribution in [1.29, 1.82) is 0 Å². The zero-order valence-corrected chi connectivity index (χ0v) is 13.1. The van der Waals surface area contributed by atoms with Crippen LogP contribution >= 0.6 is 10.7 Å². The van der Waals surface area contributed by atoms with Crippen LogP contribution in [0.4, 0.5) is 0 Å². The van der Waals surface area contributed by atoms with E-state index >= 15 is 0 Å². The highest BCUT2D eigenvalue weighted by Gasteiger charge is 2.20. The summed E-state index contributed by atoms with van der Waals surface area (Å²) in [6.07, 6.45) is 5.03. The topological polar surface area (TPSA) is 43.4 Å².